The predicted octanol–water partition coefficient (Wildman–Crippen LogP) is 3.34. The van der Waals surface area contributed by atoms with Crippen LogP contribution < -0.4 is 4.74 Å². The minimum atomic E-state index is -1.13. The Morgan fingerprint density at radius 1 is 1.11 bits per heavy atom. The van der Waals surface area contributed by atoms with E-state index < -0.39 is 17.6 Å². The molecular formula is C14H10F2O3. The van der Waals surface area contributed by atoms with Crippen LogP contribution in [0.1, 0.15) is 10.4 Å². The summed E-state index contributed by atoms with van der Waals surface area (Å²) in [6.07, 6.45) is 0. The van der Waals surface area contributed by atoms with Gasteiger partial charge in [0.25, 0.3) is 0 Å². The Morgan fingerprint density at radius 2 is 1.84 bits per heavy atom. The molecule has 0 amide bonds. The van der Waals surface area contributed by atoms with Crippen molar-refractivity contribution in [3.8, 4) is 16.9 Å². The molecule has 0 radical (unpaired) electrons. The average molecular weight is 264 g/mol. The van der Waals surface area contributed by atoms with Gasteiger partial charge in [-0.05, 0) is 30.3 Å². The summed E-state index contributed by atoms with van der Waals surface area (Å²) < 4.78 is 31.7. The van der Waals surface area contributed by atoms with Crippen LogP contribution in [0.4, 0.5) is 8.78 Å². The fourth-order valence-electron chi connectivity index (χ4n) is 1.76. The van der Waals surface area contributed by atoms with E-state index in [9.17, 15) is 13.6 Å². The number of hydrogen-bond donors (Lipinski definition) is 1. The first-order chi connectivity index (χ1) is 9.02. The maximum absolute atomic E-state index is 13.7. The molecule has 0 unspecified atom stereocenters. The Bertz CT molecular complexity index is 639. The van der Waals surface area contributed by atoms with Crippen LogP contribution in [0.25, 0.3) is 11.1 Å². The third-order valence-electron chi connectivity index (χ3n) is 2.67. The van der Waals surface area contributed by atoms with E-state index in [2.05, 4.69) is 0 Å². The zero-order valence-electron chi connectivity index (χ0n) is 9.98. The summed E-state index contributed by atoms with van der Waals surface area (Å²) in [6, 6.07) is 7.16. The lowest BCUT2D eigenvalue weighted by atomic mass is 10.0. The standard InChI is InChI=1S/C14H10F2O3/c1-19-13-5-2-8(14(17)18)6-11(13)10-4-3-9(15)7-12(10)16/h2-7H,1H3,(H,17,18). The highest BCUT2D eigenvalue weighted by Crippen LogP contribution is 2.33. The molecular weight excluding hydrogens is 254 g/mol. The monoisotopic (exact) mass is 264 g/mol. The van der Waals surface area contributed by atoms with Crippen molar-refractivity contribution in [2.75, 3.05) is 7.11 Å². The van der Waals surface area contributed by atoms with Gasteiger partial charge in [-0.1, -0.05) is 0 Å². The van der Waals surface area contributed by atoms with Crippen LogP contribution in [0.3, 0.4) is 0 Å². The molecule has 0 bridgehead atoms. The summed E-state index contributed by atoms with van der Waals surface area (Å²) >= 11 is 0. The van der Waals surface area contributed by atoms with E-state index in [4.69, 9.17) is 9.84 Å². The minimum Gasteiger partial charge on any atom is -0.496 e. The summed E-state index contributed by atoms with van der Waals surface area (Å²) in [7, 11) is 1.39. The zero-order valence-corrected chi connectivity index (χ0v) is 9.98. The highest BCUT2D eigenvalue weighted by Gasteiger charge is 2.14. The molecule has 0 saturated heterocycles. The lowest BCUT2D eigenvalue weighted by molar-refractivity contribution is 0.0697. The van der Waals surface area contributed by atoms with E-state index in [-0.39, 0.29) is 16.7 Å². The second-order valence-electron chi connectivity index (χ2n) is 3.84. The van der Waals surface area contributed by atoms with Crippen molar-refractivity contribution < 1.29 is 23.4 Å². The van der Waals surface area contributed by atoms with Crippen LogP contribution in [0.2, 0.25) is 0 Å². The van der Waals surface area contributed by atoms with E-state index in [0.717, 1.165) is 12.1 Å². The van der Waals surface area contributed by atoms with E-state index in [0.29, 0.717) is 5.75 Å². The Morgan fingerprint density at radius 3 is 2.42 bits per heavy atom. The zero-order chi connectivity index (χ0) is 14.0. The van der Waals surface area contributed by atoms with Crippen LogP contribution in [0.15, 0.2) is 36.4 Å². The van der Waals surface area contributed by atoms with Crippen molar-refractivity contribution in [1.29, 1.82) is 0 Å². The number of halogens is 2. The first kappa shape index (κ1) is 13.0. The molecule has 19 heavy (non-hydrogen) atoms. The quantitative estimate of drug-likeness (QED) is 0.924. The van der Waals surface area contributed by atoms with Gasteiger partial charge in [-0.15, -0.1) is 0 Å². The SMILES string of the molecule is COc1ccc(C(=O)O)cc1-c1ccc(F)cc1F. The Balaban J connectivity index is 2.64. The lowest BCUT2D eigenvalue weighted by Crippen LogP contribution is -1.99. The number of benzene rings is 2. The fourth-order valence-corrected chi connectivity index (χ4v) is 1.76. The van der Waals surface area contributed by atoms with Crippen LogP contribution in [-0.4, -0.2) is 18.2 Å². The molecule has 0 atom stereocenters. The third-order valence-corrected chi connectivity index (χ3v) is 2.67. The van der Waals surface area contributed by atoms with E-state index in [1.807, 2.05) is 0 Å². The smallest absolute Gasteiger partial charge is 0.335 e. The number of carboxylic acids is 1. The Labute approximate surface area is 108 Å². The number of aromatic carboxylic acids is 1. The van der Waals surface area contributed by atoms with E-state index >= 15 is 0 Å². The van der Waals surface area contributed by atoms with Crippen LogP contribution in [0, 0.1) is 11.6 Å². The number of rotatable bonds is 3. The molecule has 0 aliphatic rings. The minimum absolute atomic E-state index is 0.000440. The van der Waals surface area contributed by atoms with Crippen LogP contribution in [-0.2, 0) is 0 Å². The maximum atomic E-state index is 13.7. The maximum Gasteiger partial charge on any atom is 0.335 e. The first-order valence-electron chi connectivity index (χ1n) is 5.39. The lowest BCUT2D eigenvalue weighted by Gasteiger charge is -2.10. The molecule has 0 heterocycles. The topological polar surface area (TPSA) is 46.5 Å². The number of carboxylic acid groups (broad SMARTS) is 1. The van der Waals surface area contributed by atoms with Crippen LogP contribution >= 0.6 is 0 Å². The van der Waals surface area contributed by atoms with Gasteiger partial charge in [0.15, 0.2) is 0 Å². The normalized spacial score (nSPS) is 10.3. The van der Waals surface area contributed by atoms with Crippen molar-refractivity contribution in [3.63, 3.8) is 0 Å². The molecule has 0 spiro atoms. The molecule has 2 aromatic carbocycles. The second kappa shape index (κ2) is 5.06. The van der Waals surface area contributed by atoms with Gasteiger partial charge in [-0.3, -0.25) is 0 Å². The van der Waals surface area contributed by atoms with Gasteiger partial charge >= 0.3 is 5.97 Å². The molecule has 0 fully saturated rings. The van der Waals surface area contributed by atoms with Crippen molar-refractivity contribution in [2.45, 2.75) is 0 Å². The van der Waals surface area contributed by atoms with Crippen molar-refractivity contribution >= 4 is 5.97 Å². The first-order valence-corrected chi connectivity index (χ1v) is 5.39. The molecule has 3 nitrogen and oxygen atoms in total. The largest absolute Gasteiger partial charge is 0.496 e. The molecule has 98 valence electrons. The van der Waals surface area contributed by atoms with E-state index in [1.54, 1.807) is 0 Å². The molecule has 5 heteroatoms. The number of ether oxygens (including phenoxy) is 1. The summed E-state index contributed by atoms with van der Waals surface area (Å²) in [4.78, 5) is 10.9. The van der Waals surface area contributed by atoms with Gasteiger partial charge in [0.1, 0.15) is 17.4 Å². The van der Waals surface area contributed by atoms with Crippen molar-refractivity contribution in [3.05, 3.63) is 53.6 Å². The van der Waals surface area contributed by atoms with Gasteiger partial charge in [-0.2, -0.15) is 0 Å². The number of carbonyl (C=O) groups is 1. The van der Waals surface area contributed by atoms with Crippen molar-refractivity contribution in [1.82, 2.24) is 0 Å². The average Bonchev–Trinajstić information content (AvgIpc) is 2.38. The Kier molecular flexibility index (Phi) is 3.46. The molecule has 2 aromatic rings. The number of hydrogen-bond acceptors (Lipinski definition) is 2. The molecule has 0 aromatic heterocycles. The summed E-state index contributed by atoms with van der Waals surface area (Å²) in [5.74, 6) is -2.29. The Hall–Kier alpha value is -2.43. The third kappa shape index (κ3) is 2.54. The molecule has 1 N–H and O–H groups in total. The highest BCUT2D eigenvalue weighted by molar-refractivity contribution is 5.90. The predicted molar refractivity (Wildman–Crippen MR) is 65.3 cm³/mol. The van der Waals surface area contributed by atoms with Crippen LogP contribution in [0.5, 0.6) is 5.75 Å². The van der Waals surface area contributed by atoms with Crippen molar-refractivity contribution in [2.24, 2.45) is 0 Å². The molecule has 0 aliphatic carbocycles. The van der Waals surface area contributed by atoms with Gasteiger partial charge in [0.05, 0.1) is 12.7 Å². The summed E-state index contributed by atoms with van der Waals surface area (Å²) in [5, 5.41) is 8.94. The highest BCUT2D eigenvalue weighted by atomic mass is 19.1. The molecule has 0 aliphatic heterocycles. The number of methoxy groups -OCH3 is 1. The molecule has 0 saturated carbocycles. The van der Waals surface area contributed by atoms with Gasteiger partial charge in [0.2, 0.25) is 0 Å². The van der Waals surface area contributed by atoms with E-state index in [1.165, 1.54) is 31.4 Å². The second-order valence-corrected chi connectivity index (χ2v) is 3.84. The molecule has 2 rings (SSSR count). The summed E-state index contributed by atoms with van der Waals surface area (Å²) in [6.45, 7) is 0. The van der Waals surface area contributed by atoms with Gasteiger partial charge < -0.3 is 9.84 Å². The van der Waals surface area contributed by atoms with Gasteiger partial charge in [-0.25, -0.2) is 13.6 Å². The summed E-state index contributed by atoms with van der Waals surface area (Å²) in [5.41, 5.74) is 0.348. The fraction of sp³-hybridized carbons (Fsp3) is 0.0714. The van der Waals surface area contributed by atoms with Gasteiger partial charge in [0, 0.05) is 17.2 Å².